The molecule has 1 fully saturated rings. The molecule has 0 bridgehead atoms. The monoisotopic (exact) mass is 340 g/mol. The highest BCUT2D eigenvalue weighted by Gasteiger charge is 2.23. The fourth-order valence-corrected chi connectivity index (χ4v) is 3.49. The normalized spacial score (nSPS) is 19.4. The maximum atomic E-state index is 10.4. The Labute approximate surface area is 130 Å². The molecule has 1 saturated heterocycles. The van der Waals surface area contributed by atoms with Gasteiger partial charge in [-0.1, -0.05) is 41.1 Å². The highest BCUT2D eigenvalue weighted by Crippen LogP contribution is 2.25. The lowest BCUT2D eigenvalue weighted by atomic mass is 10.0. The number of hydrogen-bond donors (Lipinski definition) is 1. The summed E-state index contributed by atoms with van der Waals surface area (Å²) in [6.07, 6.45) is 1.97. The van der Waals surface area contributed by atoms with Gasteiger partial charge in [-0.3, -0.25) is 0 Å². The number of halogens is 1. The Bertz CT molecular complexity index is 419. The van der Waals surface area contributed by atoms with Crippen LogP contribution in [0.1, 0.15) is 31.4 Å². The van der Waals surface area contributed by atoms with Gasteiger partial charge in [0.05, 0.1) is 6.10 Å². The van der Waals surface area contributed by atoms with E-state index in [2.05, 4.69) is 39.7 Å². The molecule has 3 nitrogen and oxygen atoms in total. The summed E-state index contributed by atoms with van der Waals surface area (Å²) < 4.78 is 0.988. The van der Waals surface area contributed by atoms with E-state index in [1.165, 1.54) is 25.9 Å². The molecule has 0 unspecified atom stereocenters. The van der Waals surface area contributed by atoms with E-state index < -0.39 is 6.10 Å². The minimum atomic E-state index is -0.431. The minimum Gasteiger partial charge on any atom is -0.387 e. The number of nitrogens with zero attached hydrogens (tertiary/aromatic N) is 2. The second-order valence-corrected chi connectivity index (χ2v) is 6.50. The number of piperidine rings is 1. The fraction of sp³-hybridized carbons (Fsp3) is 0.625. The van der Waals surface area contributed by atoms with Gasteiger partial charge in [0.15, 0.2) is 0 Å². The van der Waals surface area contributed by atoms with Crippen molar-refractivity contribution >= 4 is 15.9 Å². The molecular formula is C16H25BrN2O. The number of aliphatic hydroxyl groups is 1. The first kappa shape index (κ1) is 16.0. The van der Waals surface area contributed by atoms with Gasteiger partial charge in [0.25, 0.3) is 0 Å². The van der Waals surface area contributed by atoms with Gasteiger partial charge in [-0.15, -0.1) is 0 Å². The van der Waals surface area contributed by atoms with Crippen molar-refractivity contribution in [2.45, 2.75) is 31.9 Å². The lowest BCUT2D eigenvalue weighted by Crippen LogP contribution is -2.44. The molecule has 1 aromatic carbocycles. The molecule has 1 atom stereocenters. The van der Waals surface area contributed by atoms with Gasteiger partial charge in [-0.2, -0.15) is 0 Å². The third-order valence-electron chi connectivity index (χ3n) is 4.35. The van der Waals surface area contributed by atoms with Crippen LogP contribution >= 0.6 is 15.9 Å². The van der Waals surface area contributed by atoms with E-state index in [0.717, 1.165) is 16.6 Å². The van der Waals surface area contributed by atoms with Crippen LogP contribution in [-0.2, 0) is 0 Å². The molecule has 0 aliphatic carbocycles. The first-order valence-corrected chi connectivity index (χ1v) is 8.26. The quantitative estimate of drug-likeness (QED) is 0.892. The molecule has 1 aliphatic rings. The number of benzene rings is 1. The van der Waals surface area contributed by atoms with Crippen molar-refractivity contribution in [1.82, 2.24) is 9.80 Å². The van der Waals surface area contributed by atoms with Gasteiger partial charge in [-0.25, -0.2) is 0 Å². The molecule has 0 aromatic heterocycles. The molecule has 1 heterocycles. The summed E-state index contributed by atoms with van der Waals surface area (Å²) in [5, 5.41) is 10.4. The number of likely N-dealkylation sites (N-methyl/N-ethyl adjacent to an activating group) is 1. The Morgan fingerprint density at radius 1 is 1.35 bits per heavy atom. The van der Waals surface area contributed by atoms with Crippen LogP contribution in [0.4, 0.5) is 0 Å². The molecule has 112 valence electrons. The van der Waals surface area contributed by atoms with Gasteiger partial charge in [0, 0.05) is 17.1 Å². The molecule has 0 radical (unpaired) electrons. The first-order valence-electron chi connectivity index (χ1n) is 7.47. The van der Waals surface area contributed by atoms with E-state index in [0.29, 0.717) is 12.6 Å². The molecular weight excluding hydrogens is 316 g/mol. The van der Waals surface area contributed by atoms with E-state index in [1.54, 1.807) is 0 Å². The summed E-state index contributed by atoms with van der Waals surface area (Å²) >= 11 is 3.51. The molecule has 0 amide bonds. The van der Waals surface area contributed by atoms with Crippen molar-refractivity contribution in [2.24, 2.45) is 0 Å². The lowest BCUT2D eigenvalue weighted by Gasteiger charge is -2.37. The summed E-state index contributed by atoms with van der Waals surface area (Å²) in [7, 11) is 2.13. The molecule has 0 saturated carbocycles. The minimum absolute atomic E-state index is 0.431. The van der Waals surface area contributed by atoms with Crippen LogP contribution < -0.4 is 0 Å². The van der Waals surface area contributed by atoms with Crippen LogP contribution in [0.25, 0.3) is 0 Å². The van der Waals surface area contributed by atoms with Gasteiger partial charge < -0.3 is 14.9 Å². The van der Waals surface area contributed by atoms with Crippen LogP contribution in [0.15, 0.2) is 28.7 Å². The van der Waals surface area contributed by atoms with Crippen molar-refractivity contribution in [2.75, 3.05) is 33.2 Å². The van der Waals surface area contributed by atoms with Gasteiger partial charge in [-0.05, 0) is 51.2 Å². The van der Waals surface area contributed by atoms with Crippen LogP contribution in [0.3, 0.4) is 0 Å². The number of likely N-dealkylation sites (tertiary alicyclic amines) is 1. The Hall–Kier alpha value is -0.420. The smallest absolute Gasteiger partial charge is 0.0927 e. The van der Waals surface area contributed by atoms with Crippen LogP contribution in [0.5, 0.6) is 0 Å². The standard InChI is InChI=1S/C16H25BrN2O/c1-3-19-10-8-13(9-11-19)18(2)12-16(20)14-6-4-5-7-15(14)17/h4-7,13,16,20H,3,8-12H2,1-2H3/t16-/m1/s1. The van der Waals surface area contributed by atoms with Gasteiger partial charge >= 0.3 is 0 Å². The molecule has 1 aliphatic heterocycles. The summed E-state index contributed by atoms with van der Waals surface area (Å²) in [4.78, 5) is 4.81. The van der Waals surface area contributed by atoms with E-state index in [-0.39, 0.29) is 0 Å². The first-order chi connectivity index (χ1) is 9.61. The zero-order valence-electron chi connectivity index (χ0n) is 12.4. The van der Waals surface area contributed by atoms with Gasteiger partial charge in [0.1, 0.15) is 0 Å². The predicted molar refractivity (Wildman–Crippen MR) is 86.9 cm³/mol. The zero-order valence-corrected chi connectivity index (χ0v) is 14.0. The molecule has 1 aromatic rings. The largest absolute Gasteiger partial charge is 0.387 e. The summed E-state index contributed by atoms with van der Waals surface area (Å²) in [6.45, 7) is 6.42. The average Bonchev–Trinajstić information content (AvgIpc) is 2.47. The molecule has 2 rings (SSSR count). The highest BCUT2D eigenvalue weighted by molar-refractivity contribution is 9.10. The average molecular weight is 341 g/mol. The van der Waals surface area contributed by atoms with Crippen LogP contribution in [0, 0.1) is 0 Å². The highest BCUT2D eigenvalue weighted by atomic mass is 79.9. The second-order valence-electron chi connectivity index (χ2n) is 5.64. The third-order valence-corrected chi connectivity index (χ3v) is 5.07. The van der Waals surface area contributed by atoms with Gasteiger partial charge in [0.2, 0.25) is 0 Å². The predicted octanol–water partition coefficient (Wildman–Crippen LogP) is 2.90. The van der Waals surface area contributed by atoms with E-state index in [1.807, 2.05) is 24.3 Å². The van der Waals surface area contributed by atoms with E-state index >= 15 is 0 Å². The van der Waals surface area contributed by atoms with Crippen molar-refractivity contribution < 1.29 is 5.11 Å². The van der Waals surface area contributed by atoms with Crippen molar-refractivity contribution in [3.8, 4) is 0 Å². The SMILES string of the molecule is CCN1CCC(N(C)C[C@@H](O)c2ccccc2Br)CC1. The molecule has 20 heavy (non-hydrogen) atoms. The van der Waals surface area contributed by atoms with E-state index in [9.17, 15) is 5.11 Å². The van der Waals surface area contributed by atoms with Crippen LogP contribution in [-0.4, -0.2) is 54.2 Å². The third kappa shape index (κ3) is 4.04. The van der Waals surface area contributed by atoms with Crippen molar-refractivity contribution in [1.29, 1.82) is 0 Å². The number of hydrogen-bond acceptors (Lipinski definition) is 3. The topological polar surface area (TPSA) is 26.7 Å². The Balaban J connectivity index is 1.88. The maximum Gasteiger partial charge on any atom is 0.0927 e. The molecule has 1 N–H and O–H groups in total. The van der Waals surface area contributed by atoms with Crippen LogP contribution in [0.2, 0.25) is 0 Å². The molecule has 4 heteroatoms. The Morgan fingerprint density at radius 3 is 2.60 bits per heavy atom. The molecule has 0 spiro atoms. The Kier molecular flexibility index (Phi) is 6.02. The van der Waals surface area contributed by atoms with E-state index in [4.69, 9.17) is 0 Å². The summed E-state index contributed by atoms with van der Waals surface area (Å²) in [5.41, 5.74) is 0.977. The number of aliphatic hydroxyl groups excluding tert-OH is 1. The lowest BCUT2D eigenvalue weighted by molar-refractivity contribution is 0.0745. The van der Waals surface area contributed by atoms with Crippen molar-refractivity contribution in [3.63, 3.8) is 0 Å². The number of rotatable bonds is 5. The zero-order chi connectivity index (χ0) is 14.5. The fourth-order valence-electron chi connectivity index (χ4n) is 2.94. The maximum absolute atomic E-state index is 10.4. The summed E-state index contributed by atoms with van der Waals surface area (Å²) in [6, 6.07) is 8.52. The second kappa shape index (κ2) is 7.55. The summed E-state index contributed by atoms with van der Waals surface area (Å²) in [5.74, 6) is 0. The Morgan fingerprint density at radius 2 is 2.00 bits per heavy atom. The van der Waals surface area contributed by atoms with Crippen molar-refractivity contribution in [3.05, 3.63) is 34.3 Å².